The average Bonchev–Trinajstić information content (AvgIpc) is 2.66. The Morgan fingerprint density at radius 3 is 2.54 bits per heavy atom. The molecule has 0 aliphatic carbocycles. The van der Waals surface area contributed by atoms with E-state index < -0.39 is 16.0 Å². The molecule has 0 atom stereocenters. The average molecular weight is 372 g/mol. The van der Waals surface area contributed by atoms with Gasteiger partial charge in [0.05, 0.1) is 29.6 Å². The fourth-order valence-electron chi connectivity index (χ4n) is 2.40. The van der Waals surface area contributed by atoms with E-state index in [1.165, 1.54) is 22.5 Å². The zero-order valence-corrected chi connectivity index (χ0v) is 15.3. The lowest BCUT2D eigenvalue weighted by Gasteiger charge is -2.22. The molecular weight excluding hydrogens is 352 g/mol. The maximum atomic E-state index is 13.0. The number of rotatable bonds is 8. The van der Waals surface area contributed by atoms with Crippen molar-refractivity contribution in [3.63, 3.8) is 0 Å². The Hall–Kier alpha value is -2.69. The molecule has 0 aliphatic rings. The van der Waals surface area contributed by atoms with Crippen molar-refractivity contribution in [2.45, 2.75) is 24.8 Å². The molecule has 0 saturated carbocycles. The molecule has 0 fully saturated rings. The Morgan fingerprint density at radius 1 is 1.15 bits per heavy atom. The van der Waals surface area contributed by atoms with Crippen LogP contribution in [0.25, 0.3) is 0 Å². The van der Waals surface area contributed by atoms with Crippen molar-refractivity contribution in [1.29, 1.82) is 5.26 Å². The monoisotopic (exact) mass is 372 g/mol. The molecule has 0 bridgehead atoms. The van der Waals surface area contributed by atoms with Gasteiger partial charge in [0.2, 0.25) is 10.0 Å². The fraction of sp³-hybridized carbons (Fsp3) is 0.263. The predicted molar refractivity (Wildman–Crippen MR) is 96.4 cm³/mol. The van der Waals surface area contributed by atoms with Gasteiger partial charge >= 0.3 is 5.97 Å². The molecule has 136 valence electrons. The third-order valence-corrected chi connectivity index (χ3v) is 5.51. The standard InChI is InChI=1S/C19H20N2O4S/c1-2-25-19(22)11-12-21(15-16-7-4-3-5-8-16)26(23,24)18-10-6-9-17(13-18)14-20/h3-10,13H,2,11-12,15H2,1H3. The normalized spacial score (nSPS) is 11.1. The molecule has 0 N–H and O–H groups in total. The Balaban J connectivity index is 2.31. The zero-order chi connectivity index (χ0) is 19.0. The number of esters is 1. The van der Waals surface area contributed by atoms with E-state index in [0.29, 0.717) is 0 Å². The van der Waals surface area contributed by atoms with E-state index in [2.05, 4.69) is 0 Å². The van der Waals surface area contributed by atoms with Crippen molar-refractivity contribution >= 4 is 16.0 Å². The molecule has 0 aliphatic heterocycles. The topological polar surface area (TPSA) is 87.5 Å². The van der Waals surface area contributed by atoms with E-state index >= 15 is 0 Å². The number of hydrogen-bond acceptors (Lipinski definition) is 5. The molecule has 2 rings (SSSR count). The third-order valence-electron chi connectivity index (χ3n) is 3.67. The molecule has 7 heteroatoms. The summed E-state index contributed by atoms with van der Waals surface area (Å²) in [5, 5.41) is 9.02. The lowest BCUT2D eigenvalue weighted by Crippen LogP contribution is -2.33. The van der Waals surface area contributed by atoms with Crippen molar-refractivity contribution in [1.82, 2.24) is 4.31 Å². The molecule has 0 heterocycles. The molecule has 0 amide bonds. The number of carbonyl (C=O) groups is 1. The first-order valence-corrected chi connectivity index (χ1v) is 9.61. The Labute approximate surface area is 153 Å². The minimum Gasteiger partial charge on any atom is -0.466 e. The van der Waals surface area contributed by atoms with Crippen LogP contribution in [0.3, 0.4) is 0 Å². The quantitative estimate of drug-likeness (QED) is 0.665. The molecule has 0 saturated heterocycles. The minimum atomic E-state index is -3.87. The van der Waals surface area contributed by atoms with E-state index in [4.69, 9.17) is 10.00 Å². The number of nitriles is 1. The van der Waals surface area contributed by atoms with Gasteiger partial charge in [0, 0.05) is 13.1 Å². The number of carbonyl (C=O) groups excluding carboxylic acids is 1. The van der Waals surface area contributed by atoms with Crippen molar-refractivity contribution in [2.24, 2.45) is 0 Å². The smallest absolute Gasteiger partial charge is 0.307 e. The largest absolute Gasteiger partial charge is 0.466 e. The highest BCUT2D eigenvalue weighted by molar-refractivity contribution is 7.89. The van der Waals surface area contributed by atoms with Gasteiger partial charge in [-0.05, 0) is 30.7 Å². The zero-order valence-electron chi connectivity index (χ0n) is 14.5. The van der Waals surface area contributed by atoms with Gasteiger partial charge in [0.15, 0.2) is 0 Å². The first kappa shape index (κ1) is 19.6. The van der Waals surface area contributed by atoms with Crippen LogP contribution < -0.4 is 0 Å². The molecule has 26 heavy (non-hydrogen) atoms. The second kappa shape index (κ2) is 9.13. The van der Waals surface area contributed by atoms with Gasteiger partial charge in [-0.3, -0.25) is 4.79 Å². The highest BCUT2D eigenvalue weighted by atomic mass is 32.2. The number of benzene rings is 2. The first-order chi connectivity index (χ1) is 12.5. The second-order valence-corrected chi connectivity index (χ2v) is 7.46. The maximum absolute atomic E-state index is 13.0. The summed E-state index contributed by atoms with van der Waals surface area (Å²) in [5.74, 6) is -0.452. The summed E-state index contributed by atoms with van der Waals surface area (Å²) >= 11 is 0. The van der Waals surface area contributed by atoms with Gasteiger partial charge in [0.25, 0.3) is 0 Å². The molecule has 2 aromatic rings. The second-order valence-electron chi connectivity index (χ2n) is 5.52. The molecule has 0 unspecified atom stereocenters. The molecule has 0 radical (unpaired) electrons. The summed E-state index contributed by atoms with van der Waals surface area (Å²) in [5.41, 5.74) is 1.06. The van der Waals surface area contributed by atoms with Crippen LogP contribution in [0.1, 0.15) is 24.5 Å². The van der Waals surface area contributed by atoms with Crippen LogP contribution in [0.4, 0.5) is 0 Å². The molecule has 2 aromatic carbocycles. The van der Waals surface area contributed by atoms with Crippen molar-refractivity contribution in [3.8, 4) is 6.07 Å². The highest BCUT2D eigenvalue weighted by Crippen LogP contribution is 2.20. The number of ether oxygens (including phenoxy) is 1. The first-order valence-electron chi connectivity index (χ1n) is 8.17. The van der Waals surface area contributed by atoms with Crippen LogP contribution in [0.2, 0.25) is 0 Å². The fourth-order valence-corrected chi connectivity index (χ4v) is 3.87. The summed E-state index contributed by atoms with van der Waals surface area (Å²) in [6.07, 6.45) is -0.0438. The van der Waals surface area contributed by atoms with Gasteiger partial charge in [-0.15, -0.1) is 0 Å². The maximum Gasteiger partial charge on any atom is 0.307 e. The van der Waals surface area contributed by atoms with E-state index in [1.807, 2.05) is 36.4 Å². The van der Waals surface area contributed by atoms with Crippen LogP contribution in [-0.4, -0.2) is 31.8 Å². The van der Waals surface area contributed by atoms with Crippen molar-refractivity contribution < 1.29 is 17.9 Å². The summed E-state index contributed by atoms with van der Waals surface area (Å²) in [6.45, 7) is 2.06. The minimum absolute atomic E-state index is 0.00710. The number of nitrogens with zero attached hydrogens (tertiary/aromatic N) is 2. The molecule has 0 spiro atoms. The lowest BCUT2D eigenvalue weighted by molar-refractivity contribution is -0.143. The number of sulfonamides is 1. The van der Waals surface area contributed by atoms with Crippen LogP contribution in [0.15, 0.2) is 59.5 Å². The summed E-state index contributed by atoms with van der Waals surface area (Å²) in [7, 11) is -3.87. The van der Waals surface area contributed by atoms with Crippen LogP contribution in [0.5, 0.6) is 0 Å². The van der Waals surface area contributed by atoms with Gasteiger partial charge in [-0.1, -0.05) is 36.4 Å². The Bertz CT molecular complexity index is 889. The summed E-state index contributed by atoms with van der Waals surface area (Å²) < 4.78 is 32.2. The van der Waals surface area contributed by atoms with Crippen LogP contribution in [-0.2, 0) is 26.1 Å². The van der Waals surface area contributed by atoms with Crippen LogP contribution >= 0.6 is 0 Å². The molecular formula is C19H20N2O4S. The van der Waals surface area contributed by atoms with E-state index in [9.17, 15) is 13.2 Å². The van der Waals surface area contributed by atoms with Crippen molar-refractivity contribution in [3.05, 3.63) is 65.7 Å². The number of hydrogen-bond donors (Lipinski definition) is 0. The molecule has 6 nitrogen and oxygen atoms in total. The van der Waals surface area contributed by atoms with Gasteiger partial charge in [0.1, 0.15) is 0 Å². The Kier molecular flexibility index (Phi) is 6.89. The van der Waals surface area contributed by atoms with Gasteiger partial charge < -0.3 is 4.74 Å². The van der Waals surface area contributed by atoms with Gasteiger partial charge in [-0.25, -0.2) is 8.42 Å². The summed E-state index contributed by atoms with van der Waals surface area (Å²) in [6, 6.07) is 16.9. The lowest BCUT2D eigenvalue weighted by atomic mass is 10.2. The van der Waals surface area contributed by atoms with Gasteiger partial charge in [-0.2, -0.15) is 9.57 Å². The van der Waals surface area contributed by atoms with Crippen LogP contribution in [0, 0.1) is 11.3 Å². The Morgan fingerprint density at radius 2 is 1.88 bits per heavy atom. The summed E-state index contributed by atoms with van der Waals surface area (Å²) in [4.78, 5) is 11.7. The predicted octanol–water partition coefficient (Wildman–Crippen LogP) is 2.70. The van der Waals surface area contributed by atoms with Crippen molar-refractivity contribution in [2.75, 3.05) is 13.2 Å². The SMILES string of the molecule is CCOC(=O)CCN(Cc1ccccc1)S(=O)(=O)c1cccc(C#N)c1. The molecule has 0 aromatic heterocycles. The highest BCUT2D eigenvalue weighted by Gasteiger charge is 2.25. The van der Waals surface area contributed by atoms with E-state index in [1.54, 1.807) is 13.0 Å². The van der Waals surface area contributed by atoms with E-state index in [-0.39, 0.29) is 36.6 Å². The third kappa shape index (κ3) is 5.15. The van der Waals surface area contributed by atoms with E-state index in [0.717, 1.165) is 5.56 Å².